The van der Waals surface area contributed by atoms with Crippen LogP contribution in [0.2, 0.25) is 0 Å². The van der Waals surface area contributed by atoms with Crippen molar-refractivity contribution in [1.82, 2.24) is 15.3 Å². The number of nitrogens with one attached hydrogen (secondary N) is 2. The molecule has 0 aliphatic heterocycles. The van der Waals surface area contributed by atoms with Gasteiger partial charge in [0.05, 0.1) is 5.56 Å². The first-order valence-electron chi connectivity index (χ1n) is 8.97. The SMILES string of the molecule is O=C(NCc1ccc(F)cc1)c1cnc(NCCC2=CCCCC2)nc1. The lowest BCUT2D eigenvalue weighted by Gasteiger charge is -2.12. The van der Waals surface area contributed by atoms with Crippen LogP contribution in [0.5, 0.6) is 0 Å². The summed E-state index contributed by atoms with van der Waals surface area (Å²) in [5.74, 6) is -0.0268. The Labute approximate surface area is 152 Å². The number of hydrogen-bond donors (Lipinski definition) is 2. The summed E-state index contributed by atoms with van der Waals surface area (Å²) < 4.78 is 12.9. The van der Waals surface area contributed by atoms with E-state index in [4.69, 9.17) is 0 Å². The van der Waals surface area contributed by atoms with Gasteiger partial charge in [0.1, 0.15) is 5.82 Å². The van der Waals surface area contributed by atoms with Crippen molar-refractivity contribution in [1.29, 1.82) is 0 Å². The number of allylic oxidation sites excluding steroid dienone is 1. The Bertz CT molecular complexity index is 756. The maximum absolute atomic E-state index is 12.9. The van der Waals surface area contributed by atoms with Gasteiger partial charge >= 0.3 is 0 Å². The third kappa shape index (κ3) is 5.37. The lowest BCUT2D eigenvalue weighted by molar-refractivity contribution is 0.0950. The Hall–Kier alpha value is -2.76. The van der Waals surface area contributed by atoms with Crippen LogP contribution in [0.25, 0.3) is 0 Å². The first kappa shape index (κ1) is 18.0. The average molecular weight is 354 g/mol. The Balaban J connectivity index is 1.44. The minimum atomic E-state index is -0.295. The summed E-state index contributed by atoms with van der Waals surface area (Å²) >= 11 is 0. The first-order valence-corrected chi connectivity index (χ1v) is 8.97. The number of rotatable bonds is 7. The van der Waals surface area contributed by atoms with Crippen molar-refractivity contribution in [3.8, 4) is 0 Å². The molecule has 26 heavy (non-hydrogen) atoms. The minimum Gasteiger partial charge on any atom is -0.354 e. The summed E-state index contributed by atoms with van der Waals surface area (Å²) in [4.78, 5) is 20.5. The number of carbonyl (C=O) groups excluding carboxylic acids is 1. The number of carbonyl (C=O) groups is 1. The van der Waals surface area contributed by atoms with E-state index >= 15 is 0 Å². The van der Waals surface area contributed by atoms with Gasteiger partial charge in [-0.25, -0.2) is 14.4 Å². The predicted molar refractivity (Wildman–Crippen MR) is 99.3 cm³/mol. The highest BCUT2D eigenvalue weighted by Gasteiger charge is 2.08. The summed E-state index contributed by atoms with van der Waals surface area (Å²) in [6.07, 6.45) is 11.3. The Kier molecular flexibility index (Phi) is 6.30. The van der Waals surface area contributed by atoms with E-state index in [0.717, 1.165) is 18.5 Å². The second-order valence-electron chi connectivity index (χ2n) is 6.39. The third-order valence-electron chi connectivity index (χ3n) is 4.39. The molecule has 0 bridgehead atoms. The van der Waals surface area contributed by atoms with Crippen LogP contribution in [-0.2, 0) is 6.54 Å². The van der Waals surface area contributed by atoms with Gasteiger partial charge in [0, 0.05) is 25.5 Å². The topological polar surface area (TPSA) is 66.9 Å². The zero-order valence-corrected chi connectivity index (χ0v) is 14.7. The number of anilines is 1. The fourth-order valence-corrected chi connectivity index (χ4v) is 2.89. The molecule has 1 aliphatic rings. The molecule has 1 heterocycles. The third-order valence-corrected chi connectivity index (χ3v) is 4.39. The minimum absolute atomic E-state index is 0.256. The highest BCUT2D eigenvalue weighted by Crippen LogP contribution is 2.19. The van der Waals surface area contributed by atoms with Crippen molar-refractivity contribution in [2.45, 2.75) is 38.6 Å². The molecular weight excluding hydrogens is 331 g/mol. The van der Waals surface area contributed by atoms with Gasteiger partial charge in [-0.3, -0.25) is 4.79 Å². The molecule has 0 radical (unpaired) electrons. The molecule has 1 aromatic heterocycles. The lowest BCUT2D eigenvalue weighted by Crippen LogP contribution is -2.23. The van der Waals surface area contributed by atoms with Crippen LogP contribution in [-0.4, -0.2) is 22.4 Å². The summed E-state index contributed by atoms with van der Waals surface area (Å²) in [7, 11) is 0. The van der Waals surface area contributed by atoms with Crippen LogP contribution >= 0.6 is 0 Å². The lowest BCUT2D eigenvalue weighted by atomic mass is 9.97. The maximum atomic E-state index is 12.9. The van der Waals surface area contributed by atoms with Crippen molar-refractivity contribution >= 4 is 11.9 Å². The van der Waals surface area contributed by atoms with Gasteiger partial charge in [0.15, 0.2) is 0 Å². The molecule has 3 rings (SSSR count). The van der Waals surface area contributed by atoms with Crippen LogP contribution in [0.3, 0.4) is 0 Å². The van der Waals surface area contributed by atoms with Crippen LogP contribution in [0.15, 0.2) is 48.3 Å². The summed E-state index contributed by atoms with van der Waals surface area (Å²) in [6.45, 7) is 1.12. The van der Waals surface area contributed by atoms with E-state index in [0.29, 0.717) is 18.1 Å². The molecule has 1 aliphatic carbocycles. The van der Waals surface area contributed by atoms with E-state index in [1.165, 1.54) is 55.8 Å². The molecule has 1 aromatic carbocycles. The van der Waals surface area contributed by atoms with Gasteiger partial charge in [0.25, 0.3) is 5.91 Å². The number of benzene rings is 1. The molecular formula is C20H23FN4O. The molecule has 0 spiro atoms. The molecule has 0 fully saturated rings. The molecule has 1 amide bonds. The molecule has 136 valence electrons. The number of halogens is 1. The number of hydrogen-bond acceptors (Lipinski definition) is 4. The van der Waals surface area contributed by atoms with Crippen molar-refractivity contribution in [2.24, 2.45) is 0 Å². The highest BCUT2D eigenvalue weighted by atomic mass is 19.1. The van der Waals surface area contributed by atoms with Gasteiger partial charge in [-0.05, 0) is 49.8 Å². The zero-order valence-electron chi connectivity index (χ0n) is 14.7. The molecule has 0 unspecified atom stereocenters. The summed E-state index contributed by atoms with van der Waals surface area (Å²) in [6, 6.07) is 6.02. The Morgan fingerprint density at radius 1 is 1.12 bits per heavy atom. The normalized spacial score (nSPS) is 13.8. The number of aromatic nitrogens is 2. The number of nitrogens with zero attached hydrogens (tertiary/aromatic N) is 2. The van der Waals surface area contributed by atoms with Crippen LogP contribution < -0.4 is 10.6 Å². The van der Waals surface area contributed by atoms with Crippen molar-refractivity contribution in [3.63, 3.8) is 0 Å². The van der Waals surface area contributed by atoms with E-state index < -0.39 is 0 Å². The van der Waals surface area contributed by atoms with E-state index in [1.807, 2.05) is 0 Å². The fourth-order valence-electron chi connectivity index (χ4n) is 2.89. The second kappa shape index (κ2) is 9.08. The van der Waals surface area contributed by atoms with Crippen molar-refractivity contribution < 1.29 is 9.18 Å². The fraction of sp³-hybridized carbons (Fsp3) is 0.350. The number of amides is 1. The van der Waals surface area contributed by atoms with Gasteiger partial charge in [-0.1, -0.05) is 23.8 Å². The molecule has 0 atom stereocenters. The van der Waals surface area contributed by atoms with Crippen molar-refractivity contribution in [3.05, 3.63) is 65.3 Å². The van der Waals surface area contributed by atoms with Gasteiger partial charge in [0.2, 0.25) is 5.95 Å². The van der Waals surface area contributed by atoms with E-state index in [-0.39, 0.29) is 11.7 Å². The molecule has 0 saturated carbocycles. The molecule has 2 aromatic rings. The van der Waals surface area contributed by atoms with E-state index in [1.54, 1.807) is 12.1 Å². The zero-order chi connectivity index (χ0) is 18.2. The average Bonchev–Trinajstić information content (AvgIpc) is 2.69. The van der Waals surface area contributed by atoms with E-state index in [9.17, 15) is 9.18 Å². The van der Waals surface area contributed by atoms with Crippen LogP contribution in [0, 0.1) is 5.82 Å². The monoisotopic (exact) mass is 354 g/mol. The Morgan fingerprint density at radius 3 is 2.58 bits per heavy atom. The van der Waals surface area contributed by atoms with E-state index in [2.05, 4.69) is 26.7 Å². The molecule has 5 nitrogen and oxygen atoms in total. The van der Waals surface area contributed by atoms with Gasteiger partial charge in [-0.15, -0.1) is 0 Å². The van der Waals surface area contributed by atoms with Crippen LogP contribution in [0.4, 0.5) is 10.3 Å². The molecule has 0 saturated heterocycles. The summed E-state index contributed by atoms with van der Waals surface area (Å²) in [5, 5.41) is 5.96. The second-order valence-corrected chi connectivity index (χ2v) is 6.39. The standard InChI is InChI=1S/C20H23FN4O/c21-18-8-6-16(7-9-18)12-23-19(26)17-13-24-20(25-14-17)22-11-10-15-4-2-1-3-5-15/h4,6-9,13-14H,1-3,5,10-12H2,(H,23,26)(H,22,24,25). The quantitative estimate of drug-likeness (QED) is 0.741. The first-order chi connectivity index (χ1) is 12.7. The van der Waals surface area contributed by atoms with Gasteiger partial charge in [-0.2, -0.15) is 0 Å². The Morgan fingerprint density at radius 2 is 1.88 bits per heavy atom. The predicted octanol–water partition coefficient (Wildman–Crippen LogP) is 3.85. The molecule has 2 N–H and O–H groups in total. The molecule has 6 heteroatoms. The maximum Gasteiger partial charge on any atom is 0.254 e. The highest BCUT2D eigenvalue weighted by molar-refractivity contribution is 5.93. The smallest absolute Gasteiger partial charge is 0.254 e. The van der Waals surface area contributed by atoms with Crippen molar-refractivity contribution in [2.75, 3.05) is 11.9 Å². The largest absolute Gasteiger partial charge is 0.354 e. The summed E-state index contributed by atoms with van der Waals surface area (Å²) in [5.41, 5.74) is 2.73. The van der Waals surface area contributed by atoms with Crippen LogP contribution in [0.1, 0.15) is 48.0 Å². The van der Waals surface area contributed by atoms with Gasteiger partial charge < -0.3 is 10.6 Å².